The summed E-state index contributed by atoms with van der Waals surface area (Å²) in [4.78, 5) is 11.4. The van der Waals surface area contributed by atoms with Crippen molar-refractivity contribution < 1.29 is 23.1 Å². The Morgan fingerprint density at radius 2 is 2.10 bits per heavy atom. The molecule has 0 spiro atoms. The number of aliphatic hydroxyl groups excluding tert-OH is 1. The molecule has 110 valence electrons. The van der Waals surface area contributed by atoms with Crippen molar-refractivity contribution in [2.75, 3.05) is 7.11 Å². The third kappa shape index (κ3) is 2.70. The number of ether oxygens (including phenoxy) is 1. The van der Waals surface area contributed by atoms with Crippen LogP contribution in [0.15, 0.2) is 24.3 Å². The molecule has 1 unspecified atom stereocenters. The van der Waals surface area contributed by atoms with E-state index in [9.17, 15) is 18.3 Å². The number of methoxy groups -OCH3 is 1. The monoisotopic (exact) mass is 299 g/mol. The van der Waals surface area contributed by atoms with E-state index in [-0.39, 0.29) is 0 Å². The van der Waals surface area contributed by atoms with Crippen LogP contribution < -0.4 is 4.72 Å². The summed E-state index contributed by atoms with van der Waals surface area (Å²) >= 11 is 0. The third-order valence-electron chi connectivity index (χ3n) is 3.49. The van der Waals surface area contributed by atoms with Gasteiger partial charge in [-0.05, 0) is 18.1 Å². The summed E-state index contributed by atoms with van der Waals surface area (Å²) in [7, 11) is -2.78. The van der Waals surface area contributed by atoms with Crippen molar-refractivity contribution in [3.8, 4) is 0 Å². The standard InChI is InChI=1S/C13H17NO5S/c1-8(13(16)19-2)20(17,18)14-12-10-6-4-3-5-9(10)7-11(12)15/h3-6,8,11-12,14-15H,7H2,1-2H3/t8?,11-,12+/m0/s1. The number of rotatable bonds is 4. The van der Waals surface area contributed by atoms with Crippen LogP contribution in [-0.2, 0) is 26.0 Å². The number of hydrogen-bond donors (Lipinski definition) is 2. The maximum absolute atomic E-state index is 12.1. The molecule has 0 aromatic heterocycles. The van der Waals surface area contributed by atoms with Gasteiger partial charge in [0.05, 0.1) is 19.3 Å². The minimum atomic E-state index is -3.92. The number of carbonyl (C=O) groups is 1. The molecule has 20 heavy (non-hydrogen) atoms. The largest absolute Gasteiger partial charge is 0.468 e. The second kappa shape index (κ2) is 5.51. The van der Waals surface area contributed by atoms with Gasteiger partial charge in [-0.3, -0.25) is 4.79 Å². The van der Waals surface area contributed by atoms with Gasteiger partial charge >= 0.3 is 5.97 Å². The zero-order valence-electron chi connectivity index (χ0n) is 11.2. The molecule has 1 aromatic rings. The predicted octanol–water partition coefficient (Wildman–Crippen LogP) is 0.126. The first kappa shape index (κ1) is 15.0. The molecule has 0 fully saturated rings. The van der Waals surface area contributed by atoms with Gasteiger partial charge in [-0.25, -0.2) is 13.1 Å². The van der Waals surface area contributed by atoms with Crippen molar-refractivity contribution >= 4 is 16.0 Å². The third-order valence-corrected chi connectivity index (χ3v) is 5.20. The van der Waals surface area contributed by atoms with E-state index in [4.69, 9.17) is 0 Å². The van der Waals surface area contributed by atoms with Gasteiger partial charge in [-0.1, -0.05) is 24.3 Å². The van der Waals surface area contributed by atoms with Crippen LogP contribution in [0.5, 0.6) is 0 Å². The first-order chi connectivity index (χ1) is 9.36. The van der Waals surface area contributed by atoms with Crippen LogP contribution in [0, 0.1) is 0 Å². The highest BCUT2D eigenvalue weighted by Crippen LogP contribution is 2.32. The summed E-state index contributed by atoms with van der Waals surface area (Å²) < 4.78 is 31.1. The van der Waals surface area contributed by atoms with E-state index >= 15 is 0 Å². The number of aliphatic hydroxyl groups is 1. The van der Waals surface area contributed by atoms with Gasteiger partial charge < -0.3 is 9.84 Å². The zero-order chi connectivity index (χ0) is 14.9. The first-order valence-corrected chi connectivity index (χ1v) is 7.76. The molecular formula is C13H17NO5S. The Kier molecular flexibility index (Phi) is 4.12. The van der Waals surface area contributed by atoms with Crippen LogP contribution in [0.25, 0.3) is 0 Å². The van der Waals surface area contributed by atoms with Crippen molar-refractivity contribution in [1.82, 2.24) is 4.72 Å². The smallest absolute Gasteiger partial charge is 0.325 e. The lowest BCUT2D eigenvalue weighted by Crippen LogP contribution is -2.42. The number of benzene rings is 1. The van der Waals surface area contributed by atoms with Crippen LogP contribution >= 0.6 is 0 Å². The van der Waals surface area contributed by atoms with Crippen LogP contribution in [0.4, 0.5) is 0 Å². The van der Waals surface area contributed by atoms with Crippen LogP contribution in [0.3, 0.4) is 0 Å². The molecule has 0 amide bonds. The predicted molar refractivity (Wildman–Crippen MR) is 72.4 cm³/mol. The molecule has 3 atom stereocenters. The van der Waals surface area contributed by atoms with E-state index in [0.717, 1.165) is 18.2 Å². The van der Waals surface area contributed by atoms with Crippen molar-refractivity contribution in [3.05, 3.63) is 35.4 Å². The summed E-state index contributed by atoms with van der Waals surface area (Å²) in [5.74, 6) is -0.835. The first-order valence-electron chi connectivity index (χ1n) is 6.21. The summed E-state index contributed by atoms with van der Waals surface area (Å²) in [6.45, 7) is 1.25. The molecule has 1 aliphatic carbocycles. The molecule has 7 heteroatoms. The molecule has 1 aliphatic rings. The fraction of sp³-hybridized carbons (Fsp3) is 0.462. The lowest BCUT2D eigenvalue weighted by Gasteiger charge is -2.20. The van der Waals surface area contributed by atoms with Gasteiger partial charge in [0.1, 0.15) is 0 Å². The lowest BCUT2D eigenvalue weighted by atomic mass is 10.1. The fourth-order valence-electron chi connectivity index (χ4n) is 2.29. The molecule has 0 radical (unpaired) electrons. The van der Waals surface area contributed by atoms with E-state index in [1.54, 1.807) is 12.1 Å². The Morgan fingerprint density at radius 3 is 2.75 bits per heavy atom. The average molecular weight is 299 g/mol. The van der Waals surface area contributed by atoms with E-state index < -0.39 is 33.4 Å². The minimum Gasteiger partial charge on any atom is -0.468 e. The van der Waals surface area contributed by atoms with Crippen molar-refractivity contribution in [3.63, 3.8) is 0 Å². The minimum absolute atomic E-state index is 0.385. The number of carbonyl (C=O) groups excluding carboxylic acids is 1. The Morgan fingerprint density at radius 1 is 1.45 bits per heavy atom. The Bertz CT molecular complexity index is 613. The molecular weight excluding hydrogens is 282 g/mol. The molecule has 6 nitrogen and oxygen atoms in total. The summed E-state index contributed by atoms with van der Waals surface area (Å²) in [5, 5.41) is 8.68. The quantitative estimate of drug-likeness (QED) is 0.771. The molecule has 0 heterocycles. The van der Waals surface area contributed by atoms with E-state index in [2.05, 4.69) is 9.46 Å². The number of esters is 1. The molecule has 0 aliphatic heterocycles. The highest BCUT2D eigenvalue weighted by atomic mass is 32.2. The highest BCUT2D eigenvalue weighted by molar-refractivity contribution is 7.90. The van der Waals surface area contributed by atoms with Gasteiger partial charge in [0.25, 0.3) is 0 Å². The number of fused-ring (bicyclic) bond motifs is 1. The summed E-state index contributed by atoms with van der Waals surface area (Å²) in [5.41, 5.74) is 1.64. The second-order valence-corrected chi connectivity index (χ2v) is 6.81. The molecule has 0 bridgehead atoms. The Labute approximate surface area is 117 Å². The molecule has 2 N–H and O–H groups in total. The van der Waals surface area contributed by atoms with E-state index in [1.807, 2.05) is 12.1 Å². The average Bonchev–Trinajstić information content (AvgIpc) is 2.73. The van der Waals surface area contributed by atoms with E-state index in [1.165, 1.54) is 6.92 Å². The Hall–Kier alpha value is -1.44. The van der Waals surface area contributed by atoms with Crippen LogP contribution in [0.2, 0.25) is 0 Å². The van der Waals surface area contributed by atoms with Crippen molar-refractivity contribution in [2.45, 2.75) is 30.7 Å². The zero-order valence-corrected chi connectivity index (χ0v) is 12.1. The SMILES string of the molecule is COC(=O)C(C)S(=O)(=O)N[C@@H]1c2ccccc2C[C@@H]1O. The topological polar surface area (TPSA) is 92.7 Å². The van der Waals surface area contributed by atoms with Gasteiger partial charge in [0.15, 0.2) is 5.25 Å². The normalized spacial score (nSPS) is 23.1. The van der Waals surface area contributed by atoms with Gasteiger partial charge in [-0.15, -0.1) is 0 Å². The molecule has 1 aromatic carbocycles. The van der Waals surface area contributed by atoms with Gasteiger partial charge in [0.2, 0.25) is 10.0 Å². The van der Waals surface area contributed by atoms with Crippen LogP contribution in [-0.4, -0.2) is 38.0 Å². The van der Waals surface area contributed by atoms with Crippen molar-refractivity contribution in [1.29, 1.82) is 0 Å². The maximum atomic E-state index is 12.1. The molecule has 0 saturated carbocycles. The molecule has 0 saturated heterocycles. The van der Waals surface area contributed by atoms with Gasteiger partial charge in [-0.2, -0.15) is 0 Å². The molecule has 2 rings (SSSR count). The summed E-state index contributed by atoms with van der Waals surface area (Å²) in [6.07, 6.45) is -0.456. The van der Waals surface area contributed by atoms with E-state index in [0.29, 0.717) is 6.42 Å². The number of nitrogens with one attached hydrogen (secondary N) is 1. The van der Waals surface area contributed by atoms with Crippen molar-refractivity contribution in [2.24, 2.45) is 0 Å². The highest BCUT2D eigenvalue weighted by Gasteiger charge is 2.37. The second-order valence-electron chi connectivity index (χ2n) is 4.78. The Balaban J connectivity index is 2.24. The lowest BCUT2D eigenvalue weighted by molar-refractivity contribution is -0.139. The van der Waals surface area contributed by atoms with Crippen LogP contribution in [0.1, 0.15) is 24.1 Å². The maximum Gasteiger partial charge on any atom is 0.325 e. The fourth-order valence-corrected chi connectivity index (χ4v) is 3.48. The number of hydrogen-bond acceptors (Lipinski definition) is 5. The summed E-state index contributed by atoms with van der Waals surface area (Å²) in [6, 6.07) is 6.49. The number of sulfonamides is 1. The van der Waals surface area contributed by atoms with Gasteiger partial charge in [0, 0.05) is 6.42 Å².